The second-order valence-corrected chi connectivity index (χ2v) is 11.1. The lowest BCUT2D eigenvalue weighted by atomic mass is 10.1. The third kappa shape index (κ3) is 6.41. The maximum Gasteiger partial charge on any atom is 0.416 e. The van der Waals surface area contributed by atoms with E-state index in [1.54, 1.807) is 13.2 Å². The van der Waals surface area contributed by atoms with Crippen molar-refractivity contribution in [3.8, 4) is 0 Å². The molecule has 0 saturated carbocycles. The first-order chi connectivity index (χ1) is 20.4. The molecule has 13 heteroatoms. The number of piperazine rings is 1. The van der Waals surface area contributed by atoms with E-state index in [4.69, 9.17) is 16.3 Å². The molecule has 0 spiro atoms. The number of pyridine rings is 1. The number of halogens is 6. The summed E-state index contributed by atoms with van der Waals surface area (Å²) >= 11 is 5.87. The third-order valence-corrected chi connectivity index (χ3v) is 8.17. The van der Waals surface area contributed by atoms with E-state index >= 15 is 0 Å². The largest absolute Gasteiger partial charge is 0.416 e. The fourth-order valence-corrected chi connectivity index (χ4v) is 5.77. The number of fused-ring (bicyclic) bond motifs is 1. The molecule has 2 aromatic carbocycles. The minimum Gasteiger partial charge on any atom is -0.383 e. The summed E-state index contributed by atoms with van der Waals surface area (Å²) in [6, 6.07) is 7.99. The molecule has 0 bridgehead atoms. The zero-order chi connectivity index (χ0) is 31.1. The first-order valence-corrected chi connectivity index (χ1v) is 14.1. The van der Waals surface area contributed by atoms with E-state index in [-0.39, 0.29) is 28.6 Å². The Balaban J connectivity index is 1.51. The van der Waals surface area contributed by atoms with Crippen LogP contribution in [0.4, 0.5) is 44.8 Å². The van der Waals surface area contributed by atoms with Gasteiger partial charge in [-0.1, -0.05) is 11.6 Å². The van der Waals surface area contributed by atoms with E-state index < -0.39 is 35.3 Å². The number of anilines is 4. The van der Waals surface area contributed by atoms with Crippen molar-refractivity contribution < 1.29 is 31.5 Å². The van der Waals surface area contributed by atoms with Crippen LogP contribution in [-0.4, -0.2) is 75.3 Å². The lowest BCUT2D eigenvalue weighted by Crippen LogP contribution is -2.47. The van der Waals surface area contributed by atoms with Crippen LogP contribution in [0.2, 0.25) is 5.02 Å². The number of aromatic nitrogens is 1. The van der Waals surface area contributed by atoms with Crippen molar-refractivity contribution in [3.63, 3.8) is 0 Å². The fourth-order valence-electron chi connectivity index (χ4n) is 5.61. The van der Waals surface area contributed by atoms with Gasteiger partial charge in [-0.15, -0.1) is 0 Å². The molecule has 2 aliphatic rings. The molecular weight excluding hydrogens is 593 g/mol. The molecule has 0 N–H and O–H groups in total. The quantitative estimate of drug-likeness (QED) is 0.244. The SMILES string of the molecule is COCCN1CCN(c2ccc3c(c2)C[C@@H](C(=O)N(C)c2cc(Cl)c(F)cc2F)N3c2cc(C(F)(F)F)cc(C)n2)CC1. The molecule has 0 unspecified atom stereocenters. The zero-order valence-electron chi connectivity index (χ0n) is 23.9. The number of amides is 1. The summed E-state index contributed by atoms with van der Waals surface area (Å²) in [5.74, 6) is -2.66. The van der Waals surface area contributed by atoms with Gasteiger partial charge in [0.05, 0.1) is 22.9 Å². The number of methoxy groups -OCH3 is 1. The van der Waals surface area contributed by atoms with Crippen LogP contribution in [0.15, 0.2) is 42.5 Å². The number of rotatable bonds is 7. The third-order valence-electron chi connectivity index (χ3n) is 7.88. The molecule has 1 aromatic heterocycles. The highest BCUT2D eigenvalue weighted by molar-refractivity contribution is 6.31. The average molecular weight is 624 g/mol. The van der Waals surface area contributed by atoms with Gasteiger partial charge >= 0.3 is 6.18 Å². The number of carbonyl (C=O) groups is 1. The van der Waals surface area contributed by atoms with Crippen LogP contribution in [0.25, 0.3) is 0 Å². The van der Waals surface area contributed by atoms with Gasteiger partial charge in [0.25, 0.3) is 0 Å². The van der Waals surface area contributed by atoms with Gasteiger partial charge in [0, 0.05) is 76.4 Å². The number of nitrogens with zero attached hydrogens (tertiary/aromatic N) is 5. The van der Waals surface area contributed by atoms with Crippen LogP contribution in [0.5, 0.6) is 0 Å². The maximum atomic E-state index is 14.7. The summed E-state index contributed by atoms with van der Waals surface area (Å²) in [7, 11) is 2.98. The Hall–Kier alpha value is -3.48. The molecule has 3 aromatic rings. The number of likely N-dealkylation sites (N-methyl/N-ethyl adjacent to an activating group) is 1. The number of aryl methyl sites for hydroxylation is 1. The topological polar surface area (TPSA) is 52.2 Å². The van der Waals surface area contributed by atoms with Gasteiger partial charge < -0.3 is 19.4 Å². The highest BCUT2D eigenvalue weighted by Crippen LogP contribution is 2.42. The van der Waals surface area contributed by atoms with Crippen molar-refractivity contribution in [2.24, 2.45) is 0 Å². The summed E-state index contributed by atoms with van der Waals surface area (Å²) in [5.41, 5.74) is 1.15. The fraction of sp³-hybridized carbons (Fsp3) is 0.400. The van der Waals surface area contributed by atoms with Gasteiger partial charge in [0.15, 0.2) is 0 Å². The van der Waals surface area contributed by atoms with Gasteiger partial charge in [-0.3, -0.25) is 9.69 Å². The van der Waals surface area contributed by atoms with Crippen LogP contribution >= 0.6 is 11.6 Å². The Morgan fingerprint density at radius 1 is 1.07 bits per heavy atom. The van der Waals surface area contributed by atoms with Crippen LogP contribution in [-0.2, 0) is 22.1 Å². The molecule has 230 valence electrons. The molecule has 7 nitrogen and oxygen atoms in total. The van der Waals surface area contributed by atoms with Crippen molar-refractivity contribution >= 4 is 40.4 Å². The van der Waals surface area contributed by atoms with E-state index in [1.165, 1.54) is 18.9 Å². The summed E-state index contributed by atoms with van der Waals surface area (Å²) < 4.78 is 75.1. The normalized spacial score (nSPS) is 17.4. The van der Waals surface area contributed by atoms with E-state index in [0.29, 0.717) is 18.4 Å². The van der Waals surface area contributed by atoms with Gasteiger partial charge in [0.1, 0.15) is 23.5 Å². The maximum absolute atomic E-state index is 14.7. The number of alkyl halides is 3. The van der Waals surface area contributed by atoms with Gasteiger partial charge in [-0.05, 0) is 48.9 Å². The molecule has 1 saturated heterocycles. The predicted octanol–water partition coefficient (Wildman–Crippen LogP) is 5.83. The zero-order valence-corrected chi connectivity index (χ0v) is 24.6. The summed E-state index contributed by atoms with van der Waals surface area (Å²) in [5, 5.41) is -0.371. The summed E-state index contributed by atoms with van der Waals surface area (Å²) in [4.78, 5) is 25.3. The highest BCUT2D eigenvalue weighted by atomic mass is 35.5. The second kappa shape index (κ2) is 12.3. The Labute approximate surface area is 251 Å². The minimum atomic E-state index is -4.63. The van der Waals surface area contributed by atoms with Crippen molar-refractivity contribution in [2.45, 2.75) is 25.6 Å². The molecule has 0 aliphatic carbocycles. The molecule has 1 fully saturated rings. The predicted molar refractivity (Wildman–Crippen MR) is 155 cm³/mol. The van der Waals surface area contributed by atoms with Gasteiger partial charge in [-0.25, -0.2) is 13.8 Å². The van der Waals surface area contributed by atoms with Crippen LogP contribution < -0.4 is 14.7 Å². The Bertz CT molecular complexity index is 1510. The smallest absolute Gasteiger partial charge is 0.383 e. The van der Waals surface area contributed by atoms with E-state index in [0.717, 1.165) is 67.1 Å². The Morgan fingerprint density at radius 2 is 1.79 bits per heavy atom. The molecule has 1 atom stereocenters. The average Bonchev–Trinajstić information content (AvgIpc) is 3.35. The lowest BCUT2D eigenvalue weighted by molar-refractivity contribution is -0.137. The molecule has 0 radical (unpaired) electrons. The number of hydrogen-bond acceptors (Lipinski definition) is 6. The Morgan fingerprint density at radius 3 is 2.47 bits per heavy atom. The number of benzene rings is 2. The Kier molecular flexibility index (Phi) is 8.82. The van der Waals surface area contributed by atoms with Crippen molar-refractivity contribution in [2.75, 3.05) is 68.2 Å². The van der Waals surface area contributed by atoms with Crippen molar-refractivity contribution in [3.05, 3.63) is 75.9 Å². The molecule has 43 heavy (non-hydrogen) atoms. The number of ether oxygens (including phenoxy) is 1. The monoisotopic (exact) mass is 623 g/mol. The number of carbonyl (C=O) groups excluding carboxylic acids is 1. The van der Waals surface area contributed by atoms with Crippen LogP contribution in [0, 0.1) is 18.6 Å². The molecular formula is C30H31ClF5N5O2. The molecule has 2 aliphatic heterocycles. The van der Waals surface area contributed by atoms with Gasteiger partial charge in [0.2, 0.25) is 5.91 Å². The highest BCUT2D eigenvalue weighted by Gasteiger charge is 2.40. The van der Waals surface area contributed by atoms with Crippen LogP contribution in [0.3, 0.4) is 0 Å². The standard InChI is InChI=1S/C30H31ClF5N5O2/c1-18-12-20(30(34,35)36)15-28(37-18)41-25-5-4-21(40-8-6-39(7-9-40)10-11-43-3)13-19(25)14-27(41)29(42)38(2)26-16-22(31)23(32)17-24(26)33/h4-5,12-13,15-17,27H,6-11,14H2,1-3H3/t27-/m0/s1. The van der Waals surface area contributed by atoms with Crippen molar-refractivity contribution in [1.29, 1.82) is 0 Å². The number of hydrogen-bond donors (Lipinski definition) is 0. The molecule has 5 rings (SSSR count). The second-order valence-electron chi connectivity index (χ2n) is 10.7. The van der Waals surface area contributed by atoms with E-state index in [1.807, 2.05) is 12.1 Å². The summed E-state index contributed by atoms with van der Waals surface area (Å²) in [6.07, 6.45) is -4.50. The van der Waals surface area contributed by atoms with E-state index in [2.05, 4.69) is 14.8 Å². The first-order valence-electron chi connectivity index (χ1n) is 13.7. The van der Waals surface area contributed by atoms with Gasteiger partial charge in [-0.2, -0.15) is 13.2 Å². The van der Waals surface area contributed by atoms with Crippen LogP contribution in [0.1, 0.15) is 16.8 Å². The minimum absolute atomic E-state index is 0.0602. The molecule has 1 amide bonds. The van der Waals surface area contributed by atoms with Crippen molar-refractivity contribution in [1.82, 2.24) is 9.88 Å². The lowest BCUT2D eigenvalue weighted by Gasteiger charge is -2.36. The summed E-state index contributed by atoms with van der Waals surface area (Å²) in [6.45, 7) is 6.17. The van der Waals surface area contributed by atoms with E-state index in [9.17, 15) is 26.7 Å². The molecule has 3 heterocycles. The first kappa shape index (κ1) is 31.0.